The third-order valence-electron chi connectivity index (χ3n) is 5.03. The topological polar surface area (TPSA) is 64.8 Å². The lowest BCUT2D eigenvalue weighted by molar-refractivity contribution is -0.0399. The molecule has 1 spiro atoms. The van der Waals surface area contributed by atoms with E-state index in [1.807, 2.05) is 30.0 Å². The molecule has 132 valence electrons. The molecule has 6 nitrogen and oxygen atoms in total. The summed E-state index contributed by atoms with van der Waals surface area (Å²) in [6.45, 7) is 3.79. The molecule has 6 heteroatoms. The Morgan fingerprint density at radius 2 is 2.16 bits per heavy atom. The molecule has 0 aromatic carbocycles. The molecule has 4 heterocycles. The smallest absolute Gasteiger partial charge is 0.289 e. The van der Waals surface area contributed by atoms with Gasteiger partial charge >= 0.3 is 0 Å². The van der Waals surface area contributed by atoms with Crippen LogP contribution < -0.4 is 4.74 Å². The lowest BCUT2D eigenvalue weighted by Gasteiger charge is -2.38. The van der Waals surface area contributed by atoms with Crippen molar-refractivity contribution < 1.29 is 18.7 Å². The van der Waals surface area contributed by atoms with Crippen LogP contribution in [0, 0.1) is 6.92 Å². The summed E-state index contributed by atoms with van der Waals surface area (Å²) < 4.78 is 17.5. The average molecular weight is 342 g/mol. The standard InChI is InChI=1S/C19H22N2O4/c1-14-4-5-17(24-14)18(22)21-9-6-19(7-10-21)11-16(13-23-19)25-15-3-2-8-20-12-15/h2-5,8,12,16H,6-7,9-11,13H2,1H3/t16-/m1/s1. The van der Waals surface area contributed by atoms with Gasteiger partial charge in [0.15, 0.2) is 5.76 Å². The molecular weight excluding hydrogens is 320 g/mol. The Bertz CT molecular complexity index is 735. The Balaban J connectivity index is 1.33. The summed E-state index contributed by atoms with van der Waals surface area (Å²) in [5.41, 5.74) is -0.178. The minimum Gasteiger partial charge on any atom is -0.486 e. The molecule has 2 aliphatic rings. The number of aryl methyl sites for hydroxylation is 1. The summed E-state index contributed by atoms with van der Waals surface area (Å²) in [6, 6.07) is 7.33. The van der Waals surface area contributed by atoms with Gasteiger partial charge in [0.2, 0.25) is 0 Å². The normalized spacial score (nSPS) is 22.3. The van der Waals surface area contributed by atoms with E-state index in [2.05, 4.69) is 4.98 Å². The average Bonchev–Trinajstić information content (AvgIpc) is 3.23. The van der Waals surface area contributed by atoms with Gasteiger partial charge in [-0.3, -0.25) is 9.78 Å². The molecule has 1 amide bonds. The van der Waals surface area contributed by atoms with Crippen molar-refractivity contribution in [3.05, 3.63) is 48.2 Å². The molecule has 0 aliphatic carbocycles. The fraction of sp³-hybridized carbons (Fsp3) is 0.474. The predicted octanol–water partition coefficient (Wildman–Crippen LogP) is 2.83. The van der Waals surface area contributed by atoms with Crippen LogP contribution in [0.4, 0.5) is 0 Å². The highest BCUT2D eigenvalue weighted by Crippen LogP contribution is 2.37. The second-order valence-corrected chi connectivity index (χ2v) is 6.83. The highest BCUT2D eigenvalue weighted by atomic mass is 16.6. The highest BCUT2D eigenvalue weighted by molar-refractivity contribution is 5.91. The lowest BCUT2D eigenvalue weighted by Crippen LogP contribution is -2.46. The first-order valence-electron chi connectivity index (χ1n) is 8.70. The van der Waals surface area contributed by atoms with Gasteiger partial charge in [-0.2, -0.15) is 0 Å². The number of furan rings is 1. The van der Waals surface area contributed by atoms with Crippen molar-refractivity contribution in [3.8, 4) is 5.75 Å². The summed E-state index contributed by atoms with van der Waals surface area (Å²) in [4.78, 5) is 18.4. The van der Waals surface area contributed by atoms with Gasteiger partial charge in [-0.25, -0.2) is 0 Å². The Morgan fingerprint density at radius 1 is 1.32 bits per heavy atom. The number of carbonyl (C=O) groups is 1. The SMILES string of the molecule is Cc1ccc(C(=O)N2CCC3(CC2)C[C@@H](Oc2cccnc2)CO3)o1. The van der Waals surface area contributed by atoms with Gasteiger partial charge in [-0.1, -0.05) is 0 Å². The van der Waals surface area contributed by atoms with Gasteiger partial charge in [0.05, 0.1) is 18.4 Å². The molecule has 2 aliphatic heterocycles. The van der Waals surface area contributed by atoms with E-state index in [-0.39, 0.29) is 17.6 Å². The van der Waals surface area contributed by atoms with Gasteiger partial charge in [0.25, 0.3) is 5.91 Å². The number of pyridine rings is 1. The maximum atomic E-state index is 12.5. The van der Waals surface area contributed by atoms with Crippen LogP contribution in [0.25, 0.3) is 0 Å². The third kappa shape index (κ3) is 3.39. The maximum Gasteiger partial charge on any atom is 0.289 e. The number of likely N-dealkylation sites (tertiary alicyclic amines) is 1. The van der Waals surface area contributed by atoms with Crippen LogP contribution in [0.5, 0.6) is 5.75 Å². The van der Waals surface area contributed by atoms with Crippen LogP contribution in [0.3, 0.4) is 0 Å². The Labute approximate surface area is 146 Å². The van der Waals surface area contributed by atoms with Crippen molar-refractivity contribution in [1.82, 2.24) is 9.88 Å². The van der Waals surface area contributed by atoms with Crippen molar-refractivity contribution in [2.75, 3.05) is 19.7 Å². The Hall–Kier alpha value is -2.34. The molecule has 0 saturated carbocycles. The Morgan fingerprint density at radius 3 is 2.84 bits per heavy atom. The van der Waals surface area contributed by atoms with Crippen molar-refractivity contribution in [2.24, 2.45) is 0 Å². The quantitative estimate of drug-likeness (QED) is 0.858. The molecule has 4 rings (SSSR count). The summed E-state index contributed by atoms with van der Waals surface area (Å²) >= 11 is 0. The molecule has 2 saturated heterocycles. The van der Waals surface area contributed by atoms with E-state index in [9.17, 15) is 4.79 Å². The van der Waals surface area contributed by atoms with E-state index < -0.39 is 0 Å². The first-order chi connectivity index (χ1) is 12.1. The zero-order chi connectivity index (χ0) is 17.3. The molecule has 2 aromatic heterocycles. The summed E-state index contributed by atoms with van der Waals surface area (Å²) in [5.74, 6) is 1.91. The number of rotatable bonds is 3. The van der Waals surface area contributed by atoms with Crippen LogP contribution >= 0.6 is 0 Å². The number of hydrogen-bond donors (Lipinski definition) is 0. The number of aromatic nitrogens is 1. The molecule has 2 fully saturated rings. The number of ether oxygens (including phenoxy) is 2. The van der Waals surface area contributed by atoms with Gasteiger partial charge in [0, 0.05) is 25.7 Å². The van der Waals surface area contributed by atoms with Crippen molar-refractivity contribution in [2.45, 2.75) is 37.9 Å². The maximum absolute atomic E-state index is 12.5. The fourth-order valence-electron chi connectivity index (χ4n) is 3.66. The Kier molecular flexibility index (Phi) is 4.21. The highest BCUT2D eigenvalue weighted by Gasteiger charge is 2.44. The molecular formula is C19H22N2O4. The van der Waals surface area contributed by atoms with Crippen LogP contribution in [0.1, 0.15) is 35.6 Å². The molecule has 0 unspecified atom stereocenters. The summed E-state index contributed by atoms with van der Waals surface area (Å²) in [7, 11) is 0. The summed E-state index contributed by atoms with van der Waals surface area (Å²) in [5, 5.41) is 0. The van der Waals surface area contributed by atoms with Gasteiger partial charge in [-0.15, -0.1) is 0 Å². The van der Waals surface area contributed by atoms with Crippen molar-refractivity contribution in [1.29, 1.82) is 0 Å². The van der Waals surface area contributed by atoms with Crippen LogP contribution in [0.15, 0.2) is 41.1 Å². The molecule has 0 bridgehead atoms. The molecule has 2 aromatic rings. The number of hydrogen-bond acceptors (Lipinski definition) is 5. The lowest BCUT2D eigenvalue weighted by atomic mass is 9.88. The van der Waals surface area contributed by atoms with Crippen LogP contribution in [-0.4, -0.2) is 47.2 Å². The van der Waals surface area contributed by atoms with Gasteiger partial charge < -0.3 is 18.8 Å². The molecule has 0 N–H and O–H groups in total. The van der Waals surface area contributed by atoms with E-state index in [1.165, 1.54) is 0 Å². The molecule has 1 atom stereocenters. The van der Waals surface area contributed by atoms with E-state index in [4.69, 9.17) is 13.9 Å². The first-order valence-corrected chi connectivity index (χ1v) is 8.70. The van der Waals surface area contributed by atoms with Crippen LogP contribution in [0.2, 0.25) is 0 Å². The zero-order valence-electron chi connectivity index (χ0n) is 14.3. The number of carbonyl (C=O) groups excluding carboxylic acids is 1. The van der Waals surface area contributed by atoms with E-state index >= 15 is 0 Å². The minimum absolute atomic E-state index is 0.0379. The second-order valence-electron chi connectivity index (χ2n) is 6.83. The first kappa shape index (κ1) is 16.1. The van der Waals surface area contributed by atoms with Crippen LogP contribution in [-0.2, 0) is 4.74 Å². The number of amides is 1. The van der Waals surface area contributed by atoms with Gasteiger partial charge in [-0.05, 0) is 44.0 Å². The van der Waals surface area contributed by atoms with Gasteiger partial charge in [0.1, 0.15) is 17.6 Å². The number of nitrogens with zero attached hydrogens (tertiary/aromatic N) is 2. The largest absolute Gasteiger partial charge is 0.486 e. The molecule has 0 radical (unpaired) electrons. The molecule has 25 heavy (non-hydrogen) atoms. The number of piperidine rings is 1. The van der Waals surface area contributed by atoms with E-state index in [0.29, 0.717) is 25.5 Å². The van der Waals surface area contributed by atoms with Crippen molar-refractivity contribution >= 4 is 5.91 Å². The summed E-state index contributed by atoms with van der Waals surface area (Å²) in [6.07, 6.45) is 5.99. The van der Waals surface area contributed by atoms with Crippen molar-refractivity contribution in [3.63, 3.8) is 0 Å². The monoisotopic (exact) mass is 342 g/mol. The zero-order valence-corrected chi connectivity index (χ0v) is 14.3. The van der Waals surface area contributed by atoms with E-state index in [0.717, 1.165) is 30.8 Å². The van der Waals surface area contributed by atoms with E-state index in [1.54, 1.807) is 18.5 Å². The predicted molar refractivity (Wildman–Crippen MR) is 90.5 cm³/mol. The second kappa shape index (κ2) is 6.52. The third-order valence-corrected chi connectivity index (χ3v) is 5.03. The fourth-order valence-corrected chi connectivity index (χ4v) is 3.66. The minimum atomic E-state index is -0.178.